The lowest BCUT2D eigenvalue weighted by atomic mass is 9.97. The molecular weight excluding hydrogens is 316 g/mol. The lowest BCUT2D eigenvalue weighted by molar-refractivity contribution is -0.355. The van der Waals surface area contributed by atoms with Crippen molar-refractivity contribution in [2.24, 2.45) is 0 Å². The van der Waals surface area contributed by atoms with Gasteiger partial charge in [-0.15, -0.1) is 0 Å². The molecule has 23 heavy (non-hydrogen) atoms. The van der Waals surface area contributed by atoms with E-state index >= 15 is 0 Å². The van der Waals surface area contributed by atoms with Crippen molar-refractivity contribution in [1.82, 2.24) is 0 Å². The maximum Gasteiger partial charge on any atom is 0.187 e. The Morgan fingerprint density at radius 3 is 2.04 bits per heavy atom. The smallest absolute Gasteiger partial charge is 0.187 e. The quantitative estimate of drug-likeness (QED) is 0.300. The third-order valence-electron chi connectivity index (χ3n) is 4.15. The molecule has 0 radical (unpaired) electrons. The molecule has 0 saturated carbocycles. The SMILES string of the molecule is CO[C@@H]1O[C@@H](CO)[C@@H](O)[C@@H](O[C@@H]2O[C@@H](C)[C@@H](O)[C@@H](O)[C@@H]2O)[C@H]1O. The Morgan fingerprint density at radius 2 is 1.48 bits per heavy atom. The zero-order valence-electron chi connectivity index (χ0n) is 12.8. The van der Waals surface area contributed by atoms with Crippen LogP contribution in [-0.2, 0) is 18.9 Å². The van der Waals surface area contributed by atoms with Gasteiger partial charge in [0.2, 0.25) is 0 Å². The molecular formula is C13H24O10. The Morgan fingerprint density at radius 1 is 0.826 bits per heavy atom. The fourth-order valence-corrected chi connectivity index (χ4v) is 2.69. The molecule has 10 nitrogen and oxygen atoms in total. The standard InChI is InChI=1S/C13H24O10/c1-4-6(15)8(17)9(18)13(21-4)23-11-7(16)5(3-14)22-12(20-2)10(11)19/h4-19H,3H2,1-2H3/t4-,5-,6+,7+,8+,9-,10+,11+,12+,13-/m0/s1. The maximum atomic E-state index is 10.1. The molecule has 0 bridgehead atoms. The minimum absolute atomic E-state index is 0.542. The second-order valence-electron chi connectivity index (χ2n) is 5.72. The van der Waals surface area contributed by atoms with Gasteiger partial charge in [0, 0.05) is 7.11 Å². The van der Waals surface area contributed by atoms with Crippen molar-refractivity contribution in [1.29, 1.82) is 0 Å². The van der Waals surface area contributed by atoms with E-state index in [4.69, 9.17) is 18.9 Å². The molecule has 0 spiro atoms. The number of methoxy groups -OCH3 is 1. The highest BCUT2D eigenvalue weighted by molar-refractivity contribution is 4.93. The molecule has 2 rings (SSSR count). The second-order valence-corrected chi connectivity index (χ2v) is 5.72. The topological polar surface area (TPSA) is 158 Å². The van der Waals surface area contributed by atoms with E-state index in [1.807, 2.05) is 0 Å². The van der Waals surface area contributed by atoms with Gasteiger partial charge >= 0.3 is 0 Å². The monoisotopic (exact) mass is 340 g/mol. The minimum atomic E-state index is -1.59. The molecule has 2 saturated heterocycles. The molecule has 0 aromatic rings. The third-order valence-corrected chi connectivity index (χ3v) is 4.15. The number of ether oxygens (including phenoxy) is 4. The molecule has 0 aliphatic carbocycles. The fourth-order valence-electron chi connectivity index (χ4n) is 2.69. The van der Waals surface area contributed by atoms with Crippen molar-refractivity contribution in [2.75, 3.05) is 13.7 Å². The summed E-state index contributed by atoms with van der Waals surface area (Å²) >= 11 is 0. The van der Waals surface area contributed by atoms with Crippen molar-refractivity contribution >= 4 is 0 Å². The first-order valence-electron chi connectivity index (χ1n) is 7.32. The maximum absolute atomic E-state index is 10.1. The van der Waals surface area contributed by atoms with E-state index in [1.165, 1.54) is 14.0 Å². The summed E-state index contributed by atoms with van der Waals surface area (Å²) in [5.74, 6) is 0. The van der Waals surface area contributed by atoms with E-state index in [0.717, 1.165) is 0 Å². The Kier molecular flexibility index (Phi) is 6.30. The zero-order chi connectivity index (χ0) is 17.3. The van der Waals surface area contributed by atoms with Gasteiger partial charge in [-0.2, -0.15) is 0 Å². The highest BCUT2D eigenvalue weighted by atomic mass is 16.7. The predicted molar refractivity (Wildman–Crippen MR) is 72.0 cm³/mol. The molecule has 0 aromatic carbocycles. The number of aliphatic hydroxyl groups is 6. The van der Waals surface area contributed by atoms with Gasteiger partial charge in [-0.3, -0.25) is 0 Å². The highest BCUT2D eigenvalue weighted by Crippen LogP contribution is 2.29. The largest absolute Gasteiger partial charge is 0.394 e. The predicted octanol–water partition coefficient (Wildman–Crippen LogP) is -3.72. The average molecular weight is 340 g/mol. The van der Waals surface area contributed by atoms with Gasteiger partial charge in [-0.1, -0.05) is 0 Å². The number of aliphatic hydroxyl groups excluding tert-OH is 6. The molecule has 136 valence electrons. The van der Waals surface area contributed by atoms with Crippen molar-refractivity contribution < 1.29 is 49.6 Å². The van der Waals surface area contributed by atoms with Crippen molar-refractivity contribution in [3.05, 3.63) is 0 Å². The Bertz CT molecular complexity index is 366. The van der Waals surface area contributed by atoms with Crippen molar-refractivity contribution in [3.8, 4) is 0 Å². The summed E-state index contributed by atoms with van der Waals surface area (Å²) in [6.07, 6.45) is -13.0. The van der Waals surface area contributed by atoms with Crippen molar-refractivity contribution in [3.63, 3.8) is 0 Å². The molecule has 0 amide bonds. The van der Waals surface area contributed by atoms with Crippen molar-refractivity contribution in [2.45, 2.75) is 68.3 Å². The molecule has 10 heteroatoms. The Balaban J connectivity index is 2.12. The lowest BCUT2D eigenvalue weighted by Crippen LogP contribution is -2.64. The second kappa shape index (κ2) is 7.66. The fraction of sp³-hybridized carbons (Fsp3) is 1.00. The van der Waals surface area contributed by atoms with Crippen LogP contribution in [0, 0.1) is 0 Å². The first kappa shape index (κ1) is 18.9. The van der Waals surface area contributed by atoms with E-state index < -0.39 is 68.0 Å². The summed E-state index contributed by atoms with van der Waals surface area (Å²) in [5, 5.41) is 58.9. The molecule has 0 unspecified atom stereocenters. The van der Waals surface area contributed by atoms with Gasteiger partial charge in [-0.05, 0) is 6.92 Å². The van der Waals surface area contributed by atoms with Crippen LogP contribution in [0.1, 0.15) is 6.92 Å². The number of rotatable bonds is 4. The van der Waals surface area contributed by atoms with E-state index in [-0.39, 0.29) is 0 Å². The minimum Gasteiger partial charge on any atom is -0.394 e. The van der Waals surface area contributed by atoms with E-state index in [9.17, 15) is 30.6 Å². The van der Waals surface area contributed by atoms with Crippen LogP contribution in [0.25, 0.3) is 0 Å². The lowest BCUT2D eigenvalue weighted by Gasteiger charge is -2.45. The molecule has 2 aliphatic heterocycles. The summed E-state index contributed by atoms with van der Waals surface area (Å²) in [6.45, 7) is 0.931. The van der Waals surface area contributed by atoms with Gasteiger partial charge in [-0.25, -0.2) is 0 Å². The van der Waals surface area contributed by atoms with Crippen LogP contribution in [0.15, 0.2) is 0 Å². The first-order chi connectivity index (χ1) is 10.8. The zero-order valence-corrected chi connectivity index (χ0v) is 12.8. The van der Waals surface area contributed by atoms with Crippen LogP contribution in [-0.4, -0.2) is 106 Å². The number of hydrogen-bond donors (Lipinski definition) is 6. The Labute approximate surface area is 132 Å². The van der Waals surface area contributed by atoms with Crippen LogP contribution in [0.3, 0.4) is 0 Å². The van der Waals surface area contributed by atoms with Gasteiger partial charge in [0.25, 0.3) is 0 Å². The van der Waals surface area contributed by atoms with E-state index in [0.29, 0.717) is 0 Å². The summed E-state index contributed by atoms with van der Waals surface area (Å²) in [4.78, 5) is 0. The van der Waals surface area contributed by atoms with Crippen LogP contribution in [0.2, 0.25) is 0 Å². The van der Waals surface area contributed by atoms with Gasteiger partial charge in [0.05, 0.1) is 12.7 Å². The molecule has 2 heterocycles. The van der Waals surface area contributed by atoms with Gasteiger partial charge in [0.15, 0.2) is 12.6 Å². The van der Waals surface area contributed by atoms with Gasteiger partial charge < -0.3 is 49.6 Å². The summed E-state index contributed by atoms with van der Waals surface area (Å²) in [6, 6.07) is 0. The van der Waals surface area contributed by atoms with Crippen LogP contribution >= 0.6 is 0 Å². The molecule has 10 atom stereocenters. The van der Waals surface area contributed by atoms with Gasteiger partial charge in [0.1, 0.15) is 42.7 Å². The Hall–Kier alpha value is -0.400. The highest BCUT2D eigenvalue weighted by Gasteiger charge is 2.50. The summed E-state index contributed by atoms with van der Waals surface area (Å²) in [5.41, 5.74) is 0. The normalized spacial score (nSPS) is 51.7. The van der Waals surface area contributed by atoms with Crippen LogP contribution in [0.5, 0.6) is 0 Å². The average Bonchev–Trinajstić information content (AvgIpc) is 2.54. The molecule has 2 fully saturated rings. The molecule has 2 aliphatic rings. The van der Waals surface area contributed by atoms with Crippen LogP contribution in [0.4, 0.5) is 0 Å². The number of hydrogen-bond acceptors (Lipinski definition) is 10. The first-order valence-corrected chi connectivity index (χ1v) is 7.32. The third kappa shape index (κ3) is 3.66. The summed E-state index contributed by atoms with van der Waals surface area (Å²) in [7, 11) is 1.27. The molecule has 6 N–H and O–H groups in total. The molecule has 0 aromatic heterocycles. The van der Waals surface area contributed by atoms with E-state index in [1.54, 1.807) is 0 Å². The summed E-state index contributed by atoms with van der Waals surface area (Å²) < 4.78 is 20.8. The van der Waals surface area contributed by atoms with Crippen LogP contribution < -0.4 is 0 Å². The van der Waals surface area contributed by atoms with E-state index in [2.05, 4.69) is 0 Å².